The molecule has 0 unspecified atom stereocenters. The highest BCUT2D eigenvalue weighted by Gasteiger charge is 2.23. The quantitative estimate of drug-likeness (QED) is 0.838. The molecule has 4 heteroatoms. The highest BCUT2D eigenvalue weighted by molar-refractivity contribution is 5.13. The summed E-state index contributed by atoms with van der Waals surface area (Å²) in [6.07, 6.45) is 2.46. The summed E-state index contributed by atoms with van der Waals surface area (Å²) < 4.78 is 0. The summed E-state index contributed by atoms with van der Waals surface area (Å²) in [6.45, 7) is 8.08. The minimum atomic E-state index is 0.0510. The maximum Gasteiger partial charge on any atom is 0.0847 e. The zero-order valence-corrected chi connectivity index (χ0v) is 10.8. The average Bonchev–Trinajstić information content (AvgIpc) is 2.77. The Bertz CT molecular complexity index is 348. The summed E-state index contributed by atoms with van der Waals surface area (Å²) in [5, 5.41) is 16.2. The topological polar surface area (TPSA) is 52.1 Å². The van der Waals surface area contributed by atoms with Crippen molar-refractivity contribution in [1.29, 1.82) is 0 Å². The Morgan fingerprint density at radius 1 is 1.59 bits per heavy atom. The van der Waals surface area contributed by atoms with Crippen LogP contribution < -0.4 is 0 Å². The number of nitrogens with zero attached hydrogens (tertiary/aromatic N) is 2. The fourth-order valence-electron chi connectivity index (χ4n) is 2.65. The Morgan fingerprint density at radius 3 is 3.06 bits per heavy atom. The average molecular weight is 237 g/mol. The molecule has 0 bridgehead atoms. The second-order valence-corrected chi connectivity index (χ2v) is 5.47. The Hall–Kier alpha value is -0.870. The summed E-state index contributed by atoms with van der Waals surface area (Å²) in [6, 6.07) is 2.00. The molecule has 96 valence electrons. The first-order valence-corrected chi connectivity index (χ1v) is 6.56. The molecule has 1 aliphatic heterocycles. The van der Waals surface area contributed by atoms with Crippen molar-refractivity contribution in [3.63, 3.8) is 0 Å². The Labute approximate surface area is 103 Å². The molecule has 1 aromatic heterocycles. The fourth-order valence-corrected chi connectivity index (χ4v) is 2.65. The van der Waals surface area contributed by atoms with Crippen LogP contribution in [-0.4, -0.2) is 39.8 Å². The molecule has 0 aliphatic carbocycles. The molecule has 1 aromatic rings. The van der Waals surface area contributed by atoms with E-state index in [4.69, 9.17) is 5.11 Å². The molecule has 0 radical (unpaired) electrons. The first-order valence-electron chi connectivity index (χ1n) is 6.56. The third-order valence-corrected chi connectivity index (χ3v) is 3.37. The van der Waals surface area contributed by atoms with Crippen LogP contribution in [0.2, 0.25) is 0 Å². The highest BCUT2D eigenvalue weighted by Crippen LogP contribution is 2.26. The smallest absolute Gasteiger partial charge is 0.0847 e. The number of rotatable bonds is 4. The summed E-state index contributed by atoms with van der Waals surface area (Å²) in [4.78, 5) is 2.53. The molecule has 2 heterocycles. The lowest BCUT2D eigenvalue weighted by Crippen LogP contribution is -2.36. The fraction of sp³-hybridized carbons (Fsp3) is 0.769. The molecule has 1 fully saturated rings. The van der Waals surface area contributed by atoms with Crippen molar-refractivity contribution in [1.82, 2.24) is 15.1 Å². The lowest BCUT2D eigenvalue weighted by molar-refractivity contribution is 0.186. The predicted molar refractivity (Wildman–Crippen MR) is 67.8 cm³/mol. The van der Waals surface area contributed by atoms with Gasteiger partial charge in [-0.2, -0.15) is 5.10 Å². The predicted octanol–water partition coefficient (Wildman–Crippen LogP) is 1.74. The molecule has 4 nitrogen and oxygen atoms in total. The Kier molecular flexibility index (Phi) is 4.18. The van der Waals surface area contributed by atoms with Gasteiger partial charge in [0.1, 0.15) is 0 Å². The molecule has 2 rings (SSSR count). The van der Waals surface area contributed by atoms with Gasteiger partial charge in [-0.05, 0) is 31.4 Å². The van der Waals surface area contributed by atoms with Crippen LogP contribution in [0.4, 0.5) is 0 Å². The van der Waals surface area contributed by atoms with E-state index in [1.165, 1.54) is 25.9 Å². The van der Waals surface area contributed by atoms with Crippen LogP contribution >= 0.6 is 0 Å². The first-order chi connectivity index (χ1) is 8.19. The molecule has 1 atom stereocenters. The number of hydrogen-bond acceptors (Lipinski definition) is 3. The number of aromatic amines is 1. The number of hydrogen-bond donors (Lipinski definition) is 2. The van der Waals surface area contributed by atoms with Gasteiger partial charge < -0.3 is 10.0 Å². The molecular formula is C13H23N3O. The maximum atomic E-state index is 9.04. The number of aliphatic hydroxyl groups is 1. The van der Waals surface area contributed by atoms with E-state index in [1.807, 2.05) is 6.07 Å². The van der Waals surface area contributed by atoms with Crippen LogP contribution in [0.3, 0.4) is 0 Å². The SMILES string of the molecule is CC(C)CN1CCC[C@@H](c2cc(CO)[nH]n2)C1. The lowest BCUT2D eigenvalue weighted by Gasteiger charge is -2.32. The molecule has 2 N–H and O–H groups in total. The molecule has 0 spiro atoms. The van der Waals surface area contributed by atoms with E-state index in [-0.39, 0.29) is 6.61 Å². The van der Waals surface area contributed by atoms with Gasteiger partial charge in [0, 0.05) is 19.0 Å². The monoisotopic (exact) mass is 237 g/mol. The van der Waals surface area contributed by atoms with Gasteiger partial charge in [-0.1, -0.05) is 13.8 Å². The molecule has 1 aliphatic rings. The summed E-state index contributed by atoms with van der Waals surface area (Å²) >= 11 is 0. The zero-order chi connectivity index (χ0) is 12.3. The molecule has 0 aromatic carbocycles. The highest BCUT2D eigenvalue weighted by atomic mass is 16.3. The van der Waals surface area contributed by atoms with E-state index in [1.54, 1.807) is 0 Å². The third-order valence-electron chi connectivity index (χ3n) is 3.37. The van der Waals surface area contributed by atoms with Gasteiger partial charge in [-0.3, -0.25) is 5.10 Å². The van der Waals surface area contributed by atoms with Crippen molar-refractivity contribution in [2.75, 3.05) is 19.6 Å². The number of aromatic nitrogens is 2. The minimum Gasteiger partial charge on any atom is -0.390 e. The normalized spacial score (nSPS) is 22.2. The van der Waals surface area contributed by atoms with Gasteiger partial charge in [-0.15, -0.1) is 0 Å². The zero-order valence-electron chi connectivity index (χ0n) is 10.8. The van der Waals surface area contributed by atoms with Crippen LogP contribution in [0.25, 0.3) is 0 Å². The van der Waals surface area contributed by atoms with Crippen molar-refractivity contribution in [2.45, 2.75) is 39.2 Å². The molecular weight excluding hydrogens is 214 g/mol. The third kappa shape index (κ3) is 3.30. The summed E-state index contributed by atoms with van der Waals surface area (Å²) in [5.74, 6) is 1.25. The van der Waals surface area contributed by atoms with Crippen molar-refractivity contribution < 1.29 is 5.11 Å². The summed E-state index contributed by atoms with van der Waals surface area (Å²) in [5.41, 5.74) is 1.93. The second kappa shape index (κ2) is 5.65. The molecule has 1 saturated heterocycles. The maximum absolute atomic E-state index is 9.04. The number of aliphatic hydroxyl groups excluding tert-OH is 1. The van der Waals surface area contributed by atoms with Crippen LogP contribution in [0.5, 0.6) is 0 Å². The van der Waals surface area contributed by atoms with E-state index in [9.17, 15) is 0 Å². The van der Waals surface area contributed by atoms with Crippen LogP contribution in [0, 0.1) is 5.92 Å². The number of nitrogens with one attached hydrogen (secondary N) is 1. The van der Waals surface area contributed by atoms with Crippen molar-refractivity contribution in [3.05, 3.63) is 17.5 Å². The van der Waals surface area contributed by atoms with Gasteiger partial charge in [0.05, 0.1) is 18.0 Å². The number of piperidine rings is 1. The van der Waals surface area contributed by atoms with E-state index < -0.39 is 0 Å². The van der Waals surface area contributed by atoms with Crippen LogP contribution in [-0.2, 0) is 6.61 Å². The van der Waals surface area contributed by atoms with E-state index in [0.29, 0.717) is 5.92 Å². The van der Waals surface area contributed by atoms with Gasteiger partial charge in [0.2, 0.25) is 0 Å². The van der Waals surface area contributed by atoms with E-state index in [0.717, 1.165) is 23.9 Å². The number of H-pyrrole nitrogens is 1. The van der Waals surface area contributed by atoms with Crippen molar-refractivity contribution in [2.24, 2.45) is 5.92 Å². The first kappa shape index (κ1) is 12.6. The van der Waals surface area contributed by atoms with Gasteiger partial charge in [0.15, 0.2) is 0 Å². The van der Waals surface area contributed by atoms with Crippen LogP contribution in [0.1, 0.15) is 44.0 Å². The lowest BCUT2D eigenvalue weighted by atomic mass is 9.94. The molecule has 0 amide bonds. The Morgan fingerprint density at radius 2 is 2.41 bits per heavy atom. The van der Waals surface area contributed by atoms with E-state index in [2.05, 4.69) is 28.9 Å². The Balaban J connectivity index is 1.96. The summed E-state index contributed by atoms with van der Waals surface area (Å²) in [7, 11) is 0. The molecule has 17 heavy (non-hydrogen) atoms. The number of likely N-dealkylation sites (tertiary alicyclic amines) is 1. The molecule has 0 saturated carbocycles. The van der Waals surface area contributed by atoms with Gasteiger partial charge in [-0.25, -0.2) is 0 Å². The van der Waals surface area contributed by atoms with Gasteiger partial charge in [0.25, 0.3) is 0 Å². The van der Waals surface area contributed by atoms with Crippen molar-refractivity contribution in [3.8, 4) is 0 Å². The van der Waals surface area contributed by atoms with Crippen LogP contribution in [0.15, 0.2) is 6.07 Å². The largest absolute Gasteiger partial charge is 0.390 e. The van der Waals surface area contributed by atoms with Crippen molar-refractivity contribution >= 4 is 0 Å². The minimum absolute atomic E-state index is 0.0510. The van der Waals surface area contributed by atoms with Gasteiger partial charge >= 0.3 is 0 Å². The second-order valence-electron chi connectivity index (χ2n) is 5.47. The van der Waals surface area contributed by atoms with E-state index >= 15 is 0 Å². The standard InChI is InChI=1S/C13H23N3O/c1-10(2)7-16-5-3-4-11(8-16)13-6-12(9-17)14-15-13/h6,10-11,17H,3-5,7-9H2,1-2H3,(H,14,15)/t11-/m1/s1.